The average molecular weight is 363 g/mol. The van der Waals surface area contributed by atoms with Crippen LogP contribution >= 0.6 is 8.25 Å². The summed E-state index contributed by atoms with van der Waals surface area (Å²) in [5.74, 6) is 0. The molecule has 0 aromatic carbocycles. The molecule has 0 aliphatic carbocycles. The van der Waals surface area contributed by atoms with Gasteiger partial charge in [0.05, 0.1) is 12.2 Å². The summed E-state index contributed by atoms with van der Waals surface area (Å²) >= 11 is 0. The monoisotopic (exact) mass is 362 g/mol. The molecule has 0 aliphatic heterocycles. The van der Waals surface area contributed by atoms with Gasteiger partial charge in [-0.1, -0.05) is 91.9 Å². The van der Waals surface area contributed by atoms with E-state index >= 15 is 0 Å². The molecule has 146 valence electrons. The van der Waals surface area contributed by atoms with Gasteiger partial charge >= 0.3 is 8.25 Å². The van der Waals surface area contributed by atoms with E-state index < -0.39 is 8.25 Å². The molecule has 0 radical (unpaired) electrons. The Hall–Kier alpha value is 0.150. The van der Waals surface area contributed by atoms with Crippen LogP contribution in [0.1, 0.15) is 118 Å². The molecular formula is C20H43O3P. The summed E-state index contributed by atoms with van der Waals surface area (Å²) in [6.45, 7) is 8.80. The summed E-state index contributed by atoms with van der Waals surface area (Å²) in [6, 6.07) is 0. The molecule has 0 amide bonds. The first-order valence-corrected chi connectivity index (χ1v) is 11.8. The third kappa shape index (κ3) is 14.5. The van der Waals surface area contributed by atoms with E-state index in [1.165, 1.54) is 25.7 Å². The SMILES string of the molecule is CCCCCC(CCCC)O[PH](=O)OC(CCCC)CCCCC. The van der Waals surface area contributed by atoms with Crippen molar-refractivity contribution in [3.63, 3.8) is 0 Å². The van der Waals surface area contributed by atoms with Crippen LogP contribution in [0.25, 0.3) is 0 Å². The van der Waals surface area contributed by atoms with Gasteiger partial charge in [-0.3, -0.25) is 4.57 Å². The molecule has 0 heterocycles. The Morgan fingerprint density at radius 1 is 0.583 bits per heavy atom. The lowest BCUT2D eigenvalue weighted by Gasteiger charge is -2.21. The first-order chi connectivity index (χ1) is 11.7. The van der Waals surface area contributed by atoms with Crippen LogP contribution in [0.15, 0.2) is 0 Å². The highest BCUT2D eigenvalue weighted by Gasteiger charge is 2.17. The lowest BCUT2D eigenvalue weighted by Crippen LogP contribution is -2.13. The van der Waals surface area contributed by atoms with Crippen molar-refractivity contribution in [3.8, 4) is 0 Å². The van der Waals surface area contributed by atoms with Gasteiger partial charge in [0.15, 0.2) is 0 Å². The maximum Gasteiger partial charge on any atom is 0.319 e. The van der Waals surface area contributed by atoms with Gasteiger partial charge in [0.25, 0.3) is 0 Å². The second kappa shape index (κ2) is 18.0. The van der Waals surface area contributed by atoms with Gasteiger partial charge in [-0.05, 0) is 25.7 Å². The topological polar surface area (TPSA) is 35.5 Å². The highest BCUT2D eigenvalue weighted by atomic mass is 31.1. The Balaban J connectivity index is 4.33. The molecule has 0 saturated heterocycles. The van der Waals surface area contributed by atoms with Crippen LogP contribution in [0.3, 0.4) is 0 Å². The summed E-state index contributed by atoms with van der Waals surface area (Å²) in [7, 11) is -2.37. The molecule has 0 bridgehead atoms. The van der Waals surface area contributed by atoms with Crippen molar-refractivity contribution in [3.05, 3.63) is 0 Å². The summed E-state index contributed by atoms with van der Waals surface area (Å²) in [5, 5.41) is 0. The molecule has 2 unspecified atom stereocenters. The molecule has 24 heavy (non-hydrogen) atoms. The fourth-order valence-corrected chi connectivity index (χ4v) is 4.00. The first-order valence-electron chi connectivity index (χ1n) is 10.5. The van der Waals surface area contributed by atoms with E-state index in [4.69, 9.17) is 9.05 Å². The van der Waals surface area contributed by atoms with Crippen LogP contribution < -0.4 is 0 Å². The van der Waals surface area contributed by atoms with Crippen molar-refractivity contribution in [2.45, 2.75) is 130 Å². The number of unbranched alkanes of at least 4 members (excludes halogenated alkanes) is 6. The second-order valence-corrected chi connectivity index (χ2v) is 7.98. The highest BCUT2D eigenvalue weighted by molar-refractivity contribution is 7.33. The summed E-state index contributed by atoms with van der Waals surface area (Å²) in [6.07, 6.45) is 16.1. The van der Waals surface area contributed by atoms with Gasteiger partial charge in [-0.15, -0.1) is 0 Å². The van der Waals surface area contributed by atoms with Gasteiger partial charge in [0.1, 0.15) is 0 Å². The Bertz CT molecular complexity index is 258. The smallest absolute Gasteiger partial charge is 0.307 e. The van der Waals surface area contributed by atoms with E-state index in [0.29, 0.717) is 0 Å². The zero-order valence-electron chi connectivity index (χ0n) is 16.8. The third-order valence-corrected chi connectivity index (χ3v) is 5.60. The van der Waals surface area contributed by atoms with Crippen LogP contribution in [0, 0.1) is 0 Å². The molecule has 4 heteroatoms. The lowest BCUT2D eigenvalue weighted by atomic mass is 10.1. The number of hydrogen-bond acceptors (Lipinski definition) is 3. The molecule has 0 rings (SSSR count). The van der Waals surface area contributed by atoms with Crippen molar-refractivity contribution in [2.24, 2.45) is 0 Å². The minimum atomic E-state index is -2.37. The van der Waals surface area contributed by atoms with Gasteiger partial charge in [0, 0.05) is 0 Å². The van der Waals surface area contributed by atoms with E-state index in [1.54, 1.807) is 0 Å². The molecule has 0 aliphatic rings. The highest BCUT2D eigenvalue weighted by Crippen LogP contribution is 2.34. The van der Waals surface area contributed by atoms with E-state index in [2.05, 4.69) is 27.7 Å². The van der Waals surface area contributed by atoms with Gasteiger partial charge < -0.3 is 9.05 Å². The zero-order valence-corrected chi connectivity index (χ0v) is 17.8. The van der Waals surface area contributed by atoms with Crippen LogP contribution in [0.5, 0.6) is 0 Å². The third-order valence-electron chi connectivity index (χ3n) is 4.54. The van der Waals surface area contributed by atoms with Crippen LogP contribution in [-0.4, -0.2) is 12.2 Å². The molecule has 0 aromatic rings. The Morgan fingerprint density at radius 3 is 1.25 bits per heavy atom. The minimum Gasteiger partial charge on any atom is -0.307 e. The second-order valence-electron chi connectivity index (χ2n) is 7.01. The fraction of sp³-hybridized carbons (Fsp3) is 1.00. The van der Waals surface area contributed by atoms with E-state index in [9.17, 15) is 4.57 Å². The van der Waals surface area contributed by atoms with E-state index in [1.807, 2.05) is 0 Å². The maximum absolute atomic E-state index is 12.4. The largest absolute Gasteiger partial charge is 0.319 e. The number of hydrogen-bond donors (Lipinski definition) is 0. The average Bonchev–Trinajstić information content (AvgIpc) is 2.57. The minimum absolute atomic E-state index is 0.116. The normalized spacial score (nSPS) is 15.3. The van der Waals surface area contributed by atoms with Crippen molar-refractivity contribution in [1.82, 2.24) is 0 Å². The quantitative estimate of drug-likeness (QED) is 0.185. The summed E-state index contributed by atoms with van der Waals surface area (Å²) in [5.41, 5.74) is 0. The lowest BCUT2D eigenvalue weighted by molar-refractivity contribution is 0.107. The zero-order chi connectivity index (χ0) is 18.0. The van der Waals surface area contributed by atoms with E-state index in [-0.39, 0.29) is 12.2 Å². The maximum atomic E-state index is 12.4. The molecule has 0 fully saturated rings. The van der Waals surface area contributed by atoms with Crippen molar-refractivity contribution in [2.75, 3.05) is 0 Å². The van der Waals surface area contributed by atoms with Crippen LogP contribution in [0.4, 0.5) is 0 Å². The van der Waals surface area contributed by atoms with Gasteiger partial charge in [-0.2, -0.15) is 0 Å². The molecule has 0 aromatic heterocycles. The van der Waals surface area contributed by atoms with Gasteiger partial charge in [-0.25, -0.2) is 0 Å². The standard InChI is InChI=1S/C20H43O3P/c1-5-9-13-17-19(15-11-7-3)22-24(21)23-20(16-12-8-4)18-14-10-6-2/h19-20,24H,5-18H2,1-4H3. The van der Waals surface area contributed by atoms with Crippen LogP contribution in [-0.2, 0) is 13.6 Å². The predicted octanol–water partition coefficient (Wildman–Crippen LogP) is 7.69. The Kier molecular flexibility index (Phi) is 18.1. The first kappa shape index (κ1) is 24.1. The summed E-state index contributed by atoms with van der Waals surface area (Å²) in [4.78, 5) is 0. The molecule has 0 N–H and O–H groups in total. The molecule has 3 nitrogen and oxygen atoms in total. The van der Waals surface area contributed by atoms with Crippen LogP contribution in [0.2, 0.25) is 0 Å². The Morgan fingerprint density at radius 2 is 0.917 bits per heavy atom. The number of rotatable bonds is 18. The molecule has 0 saturated carbocycles. The van der Waals surface area contributed by atoms with Gasteiger partial charge in [0.2, 0.25) is 0 Å². The Labute approximate surface area is 152 Å². The fourth-order valence-electron chi connectivity index (χ4n) is 2.93. The molecular weight excluding hydrogens is 319 g/mol. The van der Waals surface area contributed by atoms with E-state index in [0.717, 1.165) is 64.2 Å². The van der Waals surface area contributed by atoms with Crippen molar-refractivity contribution in [1.29, 1.82) is 0 Å². The molecule has 2 atom stereocenters. The van der Waals surface area contributed by atoms with Crippen molar-refractivity contribution < 1.29 is 13.6 Å². The predicted molar refractivity (Wildman–Crippen MR) is 106 cm³/mol. The summed E-state index contributed by atoms with van der Waals surface area (Å²) < 4.78 is 24.1. The molecule has 0 spiro atoms. The van der Waals surface area contributed by atoms with Crippen molar-refractivity contribution >= 4 is 8.25 Å².